The van der Waals surface area contributed by atoms with Gasteiger partial charge in [0.2, 0.25) is 11.7 Å². The van der Waals surface area contributed by atoms with E-state index in [4.69, 9.17) is 21.9 Å². The van der Waals surface area contributed by atoms with Crippen molar-refractivity contribution in [2.24, 2.45) is 5.73 Å². The molecule has 0 aliphatic heterocycles. The first-order valence-corrected chi connectivity index (χ1v) is 6.41. The molecule has 0 saturated carbocycles. The molecule has 5 heteroatoms. The van der Waals surface area contributed by atoms with E-state index in [9.17, 15) is 0 Å². The number of hydrogen-bond acceptors (Lipinski definition) is 4. The van der Waals surface area contributed by atoms with Gasteiger partial charge in [-0.3, -0.25) is 0 Å². The predicted octanol–water partition coefficient (Wildman–Crippen LogP) is 3.06. The van der Waals surface area contributed by atoms with Crippen LogP contribution < -0.4 is 5.73 Å². The zero-order valence-corrected chi connectivity index (χ0v) is 11.0. The van der Waals surface area contributed by atoms with E-state index < -0.39 is 0 Å². The Kier molecular flexibility index (Phi) is 4.33. The maximum Gasteiger partial charge on any atom is 0.228 e. The van der Waals surface area contributed by atoms with Gasteiger partial charge in [-0.1, -0.05) is 42.2 Å². The normalized spacial score (nSPS) is 12.6. The molecule has 0 aliphatic rings. The molecule has 0 radical (unpaired) electrons. The fraction of sp³-hybridized carbons (Fsp3) is 0.385. The molecule has 1 unspecified atom stereocenters. The summed E-state index contributed by atoms with van der Waals surface area (Å²) in [6, 6.07) is 7.48. The first-order chi connectivity index (χ1) is 8.70. The molecule has 0 bridgehead atoms. The third-order valence-corrected chi connectivity index (χ3v) is 3.01. The molecule has 18 heavy (non-hydrogen) atoms. The highest BCUT2D eigenvalue weighted by Crippen LogP contribution is 2.25. The molecule has 0 saturated heterocycles. The summed E-state index contributed by atoms with van der Waals surface area (Å²) in [4.78, 5) is 4.32. The molecule has 0 spiro atoms. The summed E-state index contributed by atoms with van der Waals surface area (Å²) in [5.41, 5.74) is 6.72. The number of hydrogen-bond donors (Lipinski definition) is 1. The molecular formula is C13H16ClN3O. The molecule has 1 atom stereocenters. The number of benzene rings is 1. The SMILES string of the molecule is CCCC(N)Cc1nc(-c2ccccc2Cl)no1. The molecule has 0 fully saturated rings. The third-order valence-electron chi connectivity index (χ3n) is 2.68. The van der Waals surface area contributed by atoms with Crippen LogP contribution in [0.2, 0.25) is 5.02 Å². The van der Waals surface area contributed by atoms with Crippen LogP contribution in [0.25, 0.3) is 11.4 Å². The van der Waals surface area contributed by atoms with Gasteiger partial charge in [0, 0.05) is 18.0 Å². The van der Waals surface area contributed by atoms with Crippen molar-refractivity contribution in [2.45, 2.75) is 32.2 Å². The van der Waals surface area contributed by atoms with Crippen molar-refractivity contribution in [3.63, 3.8) is 0 Å². The summed E-state index contributed by atoms with van der Waals surface area (Å²) in [6.07, 6.45) is 2.60. The number of aromatic nitrogens is 2. The van der Waals surface area contributed by atoms with Crippen molar-refractivity contribution < 1.29 is 4.52 Å². The van der Waals surface area contributed by atoms with Crippen molar-refractivity contribution in [1.29, 1.82) is 0 Å². The summed E-state index contributed by atoms with van der Waals surface area (Å²) < 4.78 is 5.19. The fourth-order valence-corrected chi connectivity index (χ4v) is 2.01. The average molecular weight is 266 g/mol. The Labute approximate surface area is 111 Å². The minimum atomic E-state index is 0.0644. The van der Waals surface area contributed by atoms with Gasteiger partial charge in [-0.15, -0.1) is 0 Å². The summed E-state index contributed by atoms with van der Waals surface area (Å²) in [5, 5.41) is 4.55. The second kappa shape index (κ2) is 5.98. The van der Waals surface area contributed by atoms with E-state index >= 15 is 0 Å². The van der Waals surface area contributed by atoms with Gasteiger partial charge < -0.3 is 10.3 Å². The zero-order chi connectivity index (χ0) is 13.0. The van der Waals surface area contributed by atoms with Crippen LogP contribution in [-0.4, -0.2) is 16.2 Å². The standard InChI is InChI=1S/C13H16ClN3O/c1-2-5-9(15)8-12-16-13(17-18-12)10-6-3-4-7-11(10)14/h3-4,6-7,9H,2,5,8,15H2,1H3. The van der Waals surface area contributed by atoms with Crippen molar-refractivity contribution >= 4 is 11.6 Å². The van der Waals surface area contributed by atoms with E-state index in [0.29, 0.717) is 23.2 Å². The van der Waals surface area contributed by atoms with Gasteiger partial charge in [0.1, 0.15) is 0 Å². The van der Waals surface area contributed by atoms with Crippen LogP contribution in [0.4, 0.5) is 0 Å². The first kappa shape index (κ1) is 13.1. The molecule has 1 heterocycles. The van der Waals surface area contributed by atoms with E-state index in [1.807, 2.05) is 18.2 Å². The van der Waals surface area contributed by atoms with Crippen LogP contribution >= 0.6 is 11.6 Å². The summed E-state index contributed by atoms with van der Waals surface area (Å²) >= 11 is 6.08. The number of rotatable bonds is 5. The lowest BCUT2D eigenvalue weighted by atomic mass is 10.1. The quantitative estimate of drug-likeness (QED) is 0.902. The highest BCUT2D eigenvalue weighted by Gasteiger charge is 2.13. The van der Waals surface area contributed by atoms with Gasteiger partial charge in [-0.05, 0) is 18.6 Å². The topological polar surface area (TPSA) is 64.9 Å². The van der Waals surface area contributed by atoms with E-state index in [-0.39, 0.29) is 6.04 Å². The van der Waals surface area contributed by atoms with Crippen molar-refractivity contribution in [3.05, 3.63) is 35.2 Å². The fourth-order valence-electron chi connectivity index (χ4n) is 1.79. The van der Waals surface area contributed by atoms with Crippen molar-refractivity contribution in [3.8, 4) is 11.4 Å². The lowest BCUT2D eigenvalue weighted by Crippen LogP contribution is -2.22. The maximum atomic E-state index is 6.08. The Balaban J connectivity index is 2.13. The smallest absolute Gasteiger partial charge is 0.228 e. The minimum Gasteiger partial charge on any atom is -0.339 e. The summed E-state index contributed by atoms with van der Waals surface area (Å²) in [7, 11) is 0. The predicted molar refractivity (Wildman–Crippen MR) is 71.3 cm³/mol. The number of nitrogens with two attached hydrogens (primary N) is 1. The molecule has 4 nitrogen and oxygen atoms in total. The average Bonchev–Trinajstić information content (AvgIpc) is 2.78. The van der Waals surface area contributed by atoms with Gasteiger partial charge in [-0.2, -0.15) is 4.98 Å². The van der Waals surface area contributed by atoms with Crippen LogP contribution in [-0.2, 0) is 6.42 Å². The van der Waals surface area contributed by atoms with E-state index in [2.05, 4.69) is 17.1 Å². The van der Waals surface area contributed by atoms with E-state index in [1.165, 1.54) is 0 Å². The number of halogens is 1. The van der Waals surface area contributed by atoms with E-state index in [1.54, 1.807) is 6.07 Å². The molecule has 2 rings (SSSR count). The third kappa shape index (κ3) is 3.09. The lowest BCUT2D eigenvalue weighted by molar-refractivity contribution is 0.366. The van der Waals surface area contributed by atoms with Gasteiger partial charge in [0.05, 0.1) is 5.02 Å². The molecule has 2 N–H and O–H groups in total. The second-order valence-corrected chi connectivity index (χ2v) is 4.65. The van der Waals surface area contributed by atoms with Gasteiger partial charge in [0.15, 0.2) is 0 Å². The highest BCUT2D eigenvalue weighted by atomic mass is 35.5. The molecule has 0 amide bonds. The van der Waals surface area contributed by atoms with Crippen LogP contribution in [0.5, 0.6) is 0 Å². The first-order valence-electron chi connectivity index (χ1n) is 6.03. The van der Waals surface area contributed by atoms with Crippen LogP contribution in [0.15, 0.2) is 28.8 Å². The Morgan fingerprint density at radius 3 is 2.89 bits per heavy atom. The lowest BCUT2D eigenvalue weighted by Gasteiger charge is -2.05. The van der Waals surface area contributed by atoms with Crippen molar-refractivity contribution in [2.75, 3.05) is 0 Å². The Morgan fingerprint density at radius 2 is 2.17 bits per heavy atom. The monoisotopic (exact) mass is 265 g/mol. The minimum absolute atomic E-state index is 0.0644. The highest BCUT2D eigenvalue weighted by molar-refractivity contribution is 6.33. The Morgan fingerprint density at radius 1 is 1.39 bits per heavy atom. The molecule has 1 aromatic carbocycles. The molecule has 0 aliphatic carbocycles. The Bertz CT molecular complexity index is 512. The molecular weight excluding hydrogens is 250 g/mol. The van der Waals surface area contributed by atoms with Gasteiger partial charge in [-0.25, -0.2) is 0 Å². The van der Waals surface area contributed by atoms with Crippen molar-refractivity contribution in [1.82, 2.24) is 10.1 Å². The molecule has 1 aromatic heterocycles. The van der Waals surface area contributed by atoms with Gasteiger partial charge in [0.25, 0.3) is 0 Å². The molecule has 2 aromatic rings. The zero-order valence-electron chi connectivity index (χ0n) is 10.3. The van der Waals surface area contributed by atoms with E-state index in [0.717, 1.165) is 18.4 Å². The maximum absolute atomic E-state index is 6.08. The second-order valence-electron chi connectivity index (χ2n) is 4.24. The number of nitrogens with zero attached hydrogens (tertiary/aromatic N) is 2. The summed E-state index contributed by atoms with van der Waals surface area (Å²) in [5.74, 6) is 1.07. The van der Waals surface area contributed by atoms with Crippen LogP contribution in [0, 0.1) is 0 Å². The Hall–Kier alpha value is -1.39. The largest absolute Gasteiger partial charge is 0.339 e. The molecule has 96 valence electrons. The van der Waals surface area contributed by atoms with Gasteiger partial charge >= 0.3 is 0 Å². The van der Waals surface area contributed by atoms with Crippen LogP contribution in [0.3, 0.4) is 0 Å². The van der Waals surface area contributed by atoms with Crippen LogP contribution in [0.1, 0.15) is 25.7 Å². The summed E-state index contributed by atoms with van der Waals surface area (Å²) in [6.45, 7) is 2.10.